The number of hydrogen-bond acceptors (Lipinski definition) is 4. The van der Waals surface area contributed by atoms with Crippen LogP contribution in [0.3, 0.4) is 0 Å². The van der Waals surface area contributed by atoms with E-state index in [-0.39, 0.29) is 11.8 Å². The first-order valence-electron chi connectivity index (χ1n) is 9.96. The highest BCUT2D eigenvalue weighted by molar-refractivity contribution is 6.13. The second-order valence-electron chi connectivity index (χ2n) is 7.18. The second kappa shape index (κ2) is 9.37. The number of amides is 2. The van der Waals surface area contributed by atoms with Crippen molar-refractivity contribution in [2.75, 3.05) is 18.5 Å². The topological polar surface area (TPSA) is 84.5 Å². The summed E-state index contributed by atoms with van der Waals surface area (Å²) in [5.74, 6) is -0.924. The average Bonchev–Trinajstić information content (AvgIpc) is 3.55. The Morgan fingerprint density at radius 2 is 1.66 bits per heavy atom. The summed E-state index contributed by atoms with van der Waals surface area (Å²) in [6, 6.07) is 16.6. The van der Waals surface area contributed by atoms with Crippen LogP contribution in [0.5, 0.6) is 0 Å². The van der Waals surface area contributed by atoms with E-state index in [0.29, 0.717) is 37.2 Å². The molecule has 0 atom stereocenters. The van der Waals surface area contributed by atoms with Crippen LogP contribution >= 0.6 is 0 Å². The van der Waals surface area contributed by atoms with Crippen molar-refractivity contribution in [3.63, 3.8) is 0 Å². The molecule has 1 aliphatic carbocycles. The number of rotatable bonds is 9. The minimum atomic E-state index is -0.980. The van der Waals surface area contributed by atoms with E-state index in [2.05, 4.69) is 22.8 Å². The fourth-order valence-electron chi connectivity index (χ4n) is 3.15. The molecular weight excluding hydrogens is 368 g/mol. The number of hydrogen-bond donors (Lipinski definition) is 2. The van der Waals surface area contributed by atoms with Crippen LogP contribution in [0.2, 0.25) is 0 Å². The molecule has 0 unspecified atom stereocenters. The van der Waals surface area contributed by atoms with Gasteiger partial charge in [-0.3, -0.25) is 9.59 Å². The summed E-state index contributed by atoms with van der Waals surface area (Å²) in [6.45, 7) is 2.59. The number of nitrogens with one attached hydrogen (secondary N) is 2. The number of anilines is 1. The Kier molecular flexibility index (Phi) is 6.65. The van der Waals surface area contributed by atoms with Crippen molar-refractivity contribution in [1.82, 2.24) is 5.32 Å². The van der Waals surface area contributed by atoms with Crippen molar-refractivity contribution >= 4 is 23.5 Å². The Bertz CT molecular complexity index is 858. The third-order valence-electron chi connectivity index (χ3n) is 5.04. The van der Waals surface area contributed by atoms with E-state index in [4.69, 9.17) is 4.74 Å². The molecule has 2 N–H and O–H groups in total. The Hall–Kier alpha value is -3.15. The van der Waals surface area contributed by atoms with Crippen LogP contribution in [0.1, 0.15) is 42.1 Å². The third kappa shape index (κ3) is 5.22. The Morgan fingerprint density at radius 1 is 0.966 bits per heavy atom. The van der Waals surface area contributed by atoms with Gasteiger partial charge in [0.05, 0.1) is 12.2 Å². The fourth-order valence-corrected chi connectivity index (χ4v) is 3.15. The van der Waals surface area contributed by atoms with E-state index < -0.39 is 11.4 Å². The first-order valence-corrected chi connectivity index (χ1v) is 9.96. The van der Waals surface area contributed by atoms with Gasteiger partial charge in [0, 0.05) is 12.2 Å². The van der Waals surface area contributed by atoms with E-state index in [1.165, 1.54) is 5.56 Å². The lowest BCUT2D eigenvalue weighted by atomic mass is 10.0. The van der Waals surface area contributed by atoms with Crippen molar-refractivity contribution in [2.45, 2.75) is 32.6 Å². The van der Waals surface area contributed by atoms with Crippen LogP contribution in [0.25, 0.3) is 0 Å². The summed E-state index contributed by atoms with van der Waals surface area (Å²) >= 11 is 0. The van der Waals surface area contributed by atoms with Gasteiger partial charge in [-0.25, -0.2) is 4.79 Å². The van der Waals surface area contributed by atoms with Gasteiger partial charge in [-0.05, 0) is 62.4 Å². The zero-order valence-corrected chi connectivity index (χ0v) is 16.6. The van der Waals surface area contributed by atoms with Gasteiger partial charge in [-0.2, -0.15) is 0 Å². The molecule has 0 aromatic heterocycles. The van der Waals surface area contributed by atoms with Gasteiger partial charge in [0.15, 0.2) is 0 Å². The molecule has 2 amide bonds. The quantitative estimate of drug-likeness (QED) is 0.388. The fraction of sp³-hybridized carbons (Fsp3) is 0.348. The molecule has 1 aliphatic rings. The molecule has 6 heteroatoms. The van der Waals surface area contributed by atoms with E-state index in [1.807, 2.05) is 18.2 Å². The molecule has 0 heterocycles. The highest BCUT2D eigenvalue weighted by Crippen LogP contribution is 2.46. The highest BCUT2D eigenvalue weighted by Gasteiger charge is 2.56. The first kappa shape index (κ1) is 20.6. The van der Waals surface area contributed by atoms with Gasteiger partial charge in [0.1, 0.15) is 5.41 Å². The molecule has 152 valence electrons. The lowest BCUT2D eigenvalue weighted by Crippen LogP contribution is -2.40. The molecule has 1 saturated carbocycles. The van der Waals surface area contributed by atoms with Gasteiger partial charge in [0.25, 0.3) is 0 Å². The van der Waals surface area contributed by atoms with Crippen molar-refractivity contribution < 1.29 is 19.1 Å². The Balaban J connectivity index is 1.48. The Labute approximate surface area is 170 Å². The maximum Gasteiger partial charge on any atom is 0.338 e. The smallest absolute Gasteiger partial charge is 0.338 e. The normalized spacial score (nSPS) is 14.0. The third-order valence-corrected chi connectivity index (χ3v) is 5.04. The predicted molar refractivity (Wildman–Crippen MR) is 110 cm³/mol. The molecular formula is C23H26N2O4. The molecule has 0 aliphatic heterocycles. The van der Waals surface area contributed by atoms with Gasteiger partial charge in [-0.1, -0.05) is 30.3 Å². The van der Waals surface area contributed by atoms with Crippen molar-refractivity contribution in [2.24, 2.45) is 5.41 Å². The number of benzene rings is 2. The van der Waals surface area contributed by atoms with Gasteiger partial charge < -0.3 is 15.4 Å². The van der Waals surface area contributed by atoms with Crippen LogP contribution in [-0.4, -0.2) is 30.9 Å². The molecule has 0 radical (unpaired) electrons. The van der Waals surface area contributed by atoms with Gasteiger partial charge in [0.2, 0.25) is 11.8 Å². The van der Waals surface area contributed by atoms with Crippen molar-refractivity contribution in [1.29, 1.82) is 0 Å². The van der Waals surface area contributed by atoms with Crippen LogP contribution in [0, 0.1) is 5.41 Å². The van der Waals surface area contributed by atoms with E-state index in [1.54, 1.807) is 31.2 Å². The predicted octanol–water partition coefficient (Wildman–Crippen LogP) is 3.33. The number of aryl methyl sites for hydroxylation is 1. The molecule has 29 heavy (non-hydrogen) atoms. The molecule has 0 spiro atoms. The zero-order valence-electron chi connectivity index (χ0n) is 16.6. The van der Waals surface area contributed by atoms with E-state index in [9.17, 15) is 14.4 Å². The van der Waals surface area contributed by atoms with Crippen LogP contribution in [0.4, 0.5) is 5.69 Å². The summed E-state index contributed by atoms with van der Waals surface area (Å²) in [6.07, 6.45) is 2.80. The molecule has 2 aromatic rings. The summed E-state index contributed by atoms with van der Waals surface area (Å²) in [4.78, 5) is 36.9. The van der Waals surface area contributed by atoms with Crippen molar-refractivity contribution in [3.05, 3.63) is 65.7 Å². The number of carbonyl (C=O) groups excluding carboxylic acids is 3. The van der Waals surface area contributed by atoms with Gasteiger partial charge >= 0.3 is 5.97 Å². The average molecular weight is 394 g/mol. The number of esters is 1. The minimum absolute atomic E-state index is 0.216. The Morgan fingerprint density at radius 3 is 2.28 bits per heavy atom. The van der Waals surface area contributed by atoms with Crippen LogP contribution in [0.15, 0.2) is 54.6 Å². The van der Waals surface area contributed by atoms with Crippen LogP contribution in [-0.2, 0) is 20.7 Å². The lowest BCUT2D eigenvalue weighted by Gasteiger charge is -2.15. The molecule has 0 bridgehead atoms. The minimum Gasteiger partial charge on any atom is -0.462 e. The standard InChI is InChI=1S/C23H26N2O4/c1-2-29-20(26)18-10-12-19(13-11-18)25-22(28)23(14-15-23)21(27)24-16-6-9-17-7-4-3-5-8-17/h3-5,7-8,10-13H,2,6,9,14-16H2,1H3,(H,24,27)(H,25,28). The first-order chi connectivity index (χ1) is 14.0. The molecule has 6 nitrogen and oxygen atoms in total. The summed E-state index contributed by atoms with van der Waals surface area (Å²) in [5.41, 5.74) is 1.22. The maximum atomic E-state index is 12.7. The second-order valence-corrected chi connectivity index (χ2v) is 7.18. The van der Waals surface area contributed by atoms with E-state index >= 15 is 0 Å². The summed E-state index contributed by atoms with van der Waals surface area (Å²) < 4.78 is 4.94. The van der Waals surface area contributed by atoms with Crippen molar-refractivity contribution in [3.8, 4) is 0 Å². The molecule has 0 saturated heterocycles. The SMILES string of the molecule is CCOC(=O)c1ccc(NC(=O)C2(C(=O)NCCCc3ccccc3)CC2)cc1. The zero-order chi connectivity index (χ0) is 20.7. The highest BCUT2D eigenvalue weighted by atomic mass is 16.5. The summed E-state index contributed by atoms with van der Waals surface area (Å²) in [5, 5.41) is 5.69. The number of ether oxygens (including phenoxy) is 1. The molecule has 1 fully saturated rings. The molecule has 2 aromatic carbocycles. The van der Waals surface area contributed by atoms with Crippen LogP contribution < -0.4 is 10.6 Å². The van der Waals surface area contributed by atoms with E-state index in [0.717, 1.165) is 12.8 Å². The lowest BCUT2D eigenvalue weighted by molar-refractivity contribution is -0.134. The largest absolute Gasteiger partial charge is 0.462 e. The summed E-state index contributed by atoms with van der Waals surface area (Å²) in [7, 11) is 0. The van der Waals surface area contributed by atoms with Gasteiger partial charge in [-0.15, -0.1) is 0 Å². The maximum absolute atomic E-state index is 12.7. The number of carbonyl (C=O) groups is 3. The monoisotopic (exact) mass is 394 g/mol. The molecule has 3 rings (SSSR count).